The summed E-state index contributed by atoms with van der Waals surface area (Å²) in [5.74, 6) is 0. The van der Waals surface area contributed by atoms with Gasteiger partial charge >= 0.3 is 0 Å². The Morgan fingerprint density at radius 2 is 1.00 bits per heavy atom. The summed E-state index contributed by atoms with van der Waals surface area (Å²) >= 11 is 1.72. The zero-order valence-corrected chi connectivity index (χ0v) is 17.8. The molecule has 0 radical (unpaired) electrons. The maximum Gasteiger partial charge on any atom is 0.156 e. The van der Waals surface area contributed by atoms with E-state index in [1.807, 2.05) is 84.9 Å². The maximum absolute atomic E-state index is 14.9. The van der Waals surface area contributed by atoms with Crippen LogP contribution in [0.5, 0.6) is 0 Å². The van der Waals surface area contributed by atoms with E-state index in [9.17, 15) is 4.57 Å². The molecular weight excluding hydrogens is 391 g/mol. The number of hydrogen-bond donors (Lipinski definition) is 0. The minimum atomic E-state index is -2.90. The fourth-order valence-electron chi connectivity index (χ4n) is 3.50. The van der Waals surface area contributed by atoms with Gasteiger partial charge in [0.05, 0.1) is 4.99 Å². The van der Waals surface area contributed by atoms with Gasteiger partial charge in [-0.1, -0.05) is 109 Å². The third kappa shape index (κ3) is 4.56. The van der Waals surface area contributed by atoms with Crippen LogP contribution in [-0.4, -0.2) is 4.99 Å². The Hall–Kier alpha value is -2.54. The van der Waals surface area contributed by atoms with Crippen molar-refractivity contribution < 1.29 is 4.57 Å². The molecule has 0 aliphatic heterocycles. The highest BCUT2D eigenvalue weighted by atomic mass is 32.2. The largest absolute Gasteiger partial charge is 0.312 e. The molecule has 4 aromatic rings. The molecule has 1 unspecified atom stereocenters. The second kappa shape index (κ2) is 9.31. The van der Waals surface area contributed by atoms with Crippen LogP contribution in [0.3, 0.4) is 0 Å². The first kappa shape index (κ1) is 19.8. The lowest BCUT2D eigenvalue weighted by molar-refractivity contribution is 0.584. The standard InChI is InChI=1S/C26H23OPS/c27-28(23-15-7-2-8-16-23,24-17-9-3-10-18-24)26(21-22-13-5-1-6-14-22)29-25-19-11-4-12-20-25/h1-20,26H,21H2. The highest BCUT2D eigenvalue weighted by Gasteiger charge is 2.37. The molecule has 0 amide bonds. The molecule has 4 aromatic carbocycles. The van der Waals surface area contributed by atoms with Gasteiger partial charge in [-0.25, -0.2) is 0 Å². The maximum atomic E-state index is 14.9. The van der Waals surface area contributed by atoms with Crippen molar-refractivity contribution in [1.29, 1.82) is 0 Å². The van der Waals surface area contributed by atoms with Crippen LogP contribution in [0.2, 0.25) is 0 Å². The third-order valence-corrected chi connectivity index (χ3v) is 10.3. The molecule has 3 heteroatoms. The van der Waals surface area contributed by atoms with Gasteiger partial charge in [0.2, 0.25) is 0 Å². The summed E-state index contributed by atoms with van der Waals surface area (Å²) in [5.41, 5.74) is 1.20. The van der Waals surface area contributed by atoms with Crippen LogP contribution in [0.15, 0.2) is 126 Å². The van der Waals surface area contributed by atoms with Crippen LogP contribution in [0.25, 0.3) is 0 Å². The van der Waals surface area contributed by atoms with Crippen LogP contribution < -0.4 is 10.6 Å². The normalized spacial score (nSPS) is 12.4. The molecule has 0 aliphatic carbocycles. The van der Waals surface area contributed by atoms with Crippen molar-refractivity contribution in [3.63, 3.8) is 0 Å². The van der Waals surface area contributed by atoms with E-state index in [4.69, 9.17) is 0 Å². The van der Waals surface area contributed by atoms with Crippen molar-refractivity contribution in [2.24, 2.45) is 0 Å². The van der Waals surface area contributed by atoms with Crippen LogP contribution in [0, 0.1) is 0 Å². The van der Waals surface area contributed by atoms with Crippen LogP contribution in [-0.2, 0) is 11.0 Å². The Bertz CT molecular complexity index is 982. The molecule has 0 spiro atoms. The monoisotopic (exact) mass is 414 g/mol. The summed E-state index contributed by atoms with van der Waals surface area (Å²) in [6.45, 7) is 0. The summed E-state index contributed by atoms with van der Waals surface area (Å²) in [6.07, 6.45) is 0.738. The fraction of sp³-hybridized carbons (Fsp3) is 0.0769. The summed E-state index contributed by atoms with van der Waals surface area (Å²) in [6, 6.07) is 40.6. The summed E-state index contributed by atoms with van der Waals surface area (Å²) in [4.78, 5) is 1.04. The molecule has 0 heterocycles. The minimum Gasteiger partial charge on any atom is -0.312 e. The molecule has 29 heavy (non-hydrogen) atoms. The molecule has 1 atom stereocenters. The molecule has 0 saturated heterocycles. The first-order chi connectivity index (χ1) is 14.3. The molecule has 0 N–H and O–H groups in total. The number of benzene rings is 4. The van der Waals surface area contributed by atoms with Crippen LogP contribution in [0.1, 0.15) is 5.56 Å². The van der Waals surface area contributed by atoms with Gasteiger partial charge in [0, 0.05) is 15.5 Å². The molecule has 0 aromatic heterocycles. The third-order valence-electron chi connectivity index (χ3n) is 4.95. The Balaban J connectivity index is 1.84. The minimum absolute atomic E-state index is 0.0999. The lowest BCUT2D eigenvalue weighted by Gasteiger charge is -2.29. The molecule has 0 bridgehead atoms. The average Bonchev–Trinajstić information content (AvgIpc) is 2.81. The Labute approximate surface area is 177 Å². The predicted molar refractivity (Wildman–Crippen MR) is 126 cm³/mol. The highest BCUT2D eigenvalue weighted by Crippen LogP contribution is 2.55. The van der Waals surface area contributed by atoms with E-state index in [0.29, 0.717) is 0 Å². The molecule has 0 aliphatic rings. The Morgan fingerprint density at radius 1 is 0.586 bits per heavy atom. The van der Waals surface area contributed by atoms with Crippen molar-refractivity contribution in [2.75, 3.05) is 0 Å². The van der Waals surface area contributed by atoms with Gasteiger partial charge in [0.1, 0.15) is 0 Å². The van der Waals surface area contributed by atoms with Crippen molar-refractivity contribution in [3.8, 4) is 0 Å². The molecule has 144 valence electrons. The highest BCUT2D eigenvalue weighted by molar-refractivity contribution is 8.08. The van der Waals surface area contributed by atoms with Crippen molar-refractivity contribution in [1.82, 2.24) is 0 Å². The zero-order chi connectivity index (χ0) is 19.9. The summed E-state index contributed by atoms with van der Waals surface area (Å²) < 4.78 is 14.9. The number of thioether (sulfide) groups is 1. The first-order valence-electron chi connectivity index (χ1n) is 9.73. The van der Waals surface area contributed by atoms with Crippen molar-refractivity contribution in [3.05, 3.63) is 127 Å². The van der Waals surface area contributed by atoms with Crippen LogP contribution in [0.4, 0.5) is 0 Å². The second-order valence-corrected chi connectivity index (χ2v) is 11.5. The Kier molecular flexibility index (Phi) is 6.34. The van der Waals surface area contributed by atoms with E-state index in [2.05, 4.69) is 36.4 Å². The lowest BCUT2D eigenvalue weighted by Crippen LogP contribution is -2.25. The second-order valence-electron chi connectivity index (χ2n) is 6.90. The molecule has 0 saturated carbocycles. The van der Waals surface area contributed by atoms with Crippen molar-refractivity contribution in [2.45, 2.75) is 16.3 Å². The fourth-order valence-corrected chi connectivity index (χ4v) is 8.75. The zero-order valence-electron chi connectivity index (χ0n) is 16.1. The van der Waals surface area contributed by atoms with Gasteiger partial charge in [-0.3, -0.25) is 0 Å². The van der Waals surface area contributed by atoms with E-state index < -0.39 is 7.14 Å². The first-order valence-corrected chi connectivity index (χ1v) is 12.4. The summed E-state index contributed by atoms with van der Waals surface area (Å²) in [5, 5.41) is 1.83. The lowest BCUT2D eigenvalue weighted by atomic mass is 10.2. The topological polar surface area (TPSA) is 17.1 Å². The van der Waals surface area contributed by atoms with Gasteiger partial charge in [0.25, 0.3) is 0 Å². The summed E-state index contributed by atoms with van der Waals surface area (Å²) in [7, 11) is -2.90. The van der Waals surface area contributed by atoms with E-state index in [-0.39, 0.29) is 4.99 Å². The average molecular weight is 415 g/mol. The van der Waals surface area contributed by atoms with Gasteiger partial charge < -0.3 is 4.57 Å². The van der Waals surface area contributed by atoms with E-state index in [1.54, 1.807) is 11.8 Å². The SMILES string of the molecule is O=P(c1ccccc1)(c1ccccc1)C(Cc1ccccc1)Sc1ccccc1. The van der Waals surface area contributed by atoms with E-state index >= 15 is 0 Å². The molecule has 0 fully saturated rings. The number of rotatable bonds is 7. The molecule has 4 rings (SSSR count). The Morgan fingerprint density at radius 3 is 1.48 bits per heavy atom. The van der Waals surface area contributed by atoms with Crippen molar-refractivity contribution >= 4 is 29.5 Å². The molecular formula is C26H23OPS. The van der Waals surface area contributed by atoms with Gasteiger partial charge in [-0.05, 0) is 24.1 Å². The van der Waals surface area contributed by atoms with Crippen LogP contribution >= 0.6 is 18.9 Å². The van der Waals surface area contributed by atoms with E-state index in [1.165, 1.54) is 5.56 Å². The number of hydrogen-bond acceptors (Lipinski definition) is 2. The van der Waals surface area contributed by atoms with E-state index in [0.717, 1.165) is 21.9 Å². The predicted octanol–water partition coefficient (Wildman–Crippen LogP) is 6.36. The molecule has 1 nitrogen and oxygen atoms in total. The smallest absolute Gasteiger partial charge is 0.156 e. The van der Waals surface area contributed by atoms with Gasteiger partial charge in [0.15, 0.2) is 7.14 Å². The van der Waals surface area contributed by atoms with Gasteiger partial charge in [-0.2, -0.15) is 0 Å². The van der Waals surface area contributed by atoms with Gasteiger partial charge in [-0.15, -0.1) is 11.8 Å². The quantitative estimate of drug-likeness (QED) is 0.258.